The molecule has 3 unspecified atom stereocenters. The number of carbonyl (C=O) groups excluding carboxylic acids is 2. The Hall–Kier alpha value is -4.25. The third-order valence-corrected chi connectivity index (χ3v) is 10.9. The molecule has 0 aliphatic carbocycles. The molecule has 0 radical (unpaired) electrons. The van der Waals surface area contributed by atoms with Crippen molar-refractivity contribution in [3.63, 3.8) is 0 Å². The Morgan fingerprint density at radius 3 is 2.36 bits per heavy atom. The highest BCUT2D eigenvalue weighted by molar-refractivity contribution is 9.10. The maximum atomic E-state index is 14.0. The number of hydrogen-bond donors (Lipinski definition) is 2. The van der Waals surface area contributed by atoms with Gasteiger partial charge in [0, 0.05) is 54.7 Å². The number of anilines is 3. The first-order chi connectivity index (χ1) is 24.0. The number of fused-ring (bicyclic) bond motifs is 2. The van der Waals surface area contributed by atoms with Gasteiger partial charge in [0.15, 0.2) is 0 Å². The van der Waals surface area contributed by atoms with Gasteiger partial charge in [0.1, 0.15) is 5.82 Å². The summed E-state index contributed by atoms with van der Waals surface area (Å²) in [6.07, 6.45) is 10.6. The van der Waals surface area contributed by atoms with Crippen molar-refractivity contribution in [2.45, 2.75) is 90.1 Å². The number of aromatic nitrogens is 4. The van der Waals surface area contributed by atoms with Crippen molar-refractivity contribution >= 4 is 45.3 Å². The highest BCUT2D eigenvalue weighted by Crippen LogP contribution is 2.41. The van der Waals surface area contributed by atoms with Gasteiger partial charge >= 0.3 is 6.03 Å². The van der Waals surface area contributed by atoms with Crippen LogP contribution in [-0.4, -0.2) is 61.8 Å². The SMILES string of the molecule is Cc1ccc(-n2nc(C(C)(C)C)cc2NC(=O)Nc2cccc(CC3CC4CCC(C3)N4C(=O)C3CCCN(c4ncc(Br)cn4)C3)c2)cc1. The van der Waals surface area contributed by atoms with Crippen LogP contribution >= 0.6 is 15.9 Å². The molecule has 2 N–H and O–H groups in total. The number of urea groups is 1. The quantitative estimate of drug-likeness (QED) is 0.200. The molecule has 3 fully saturated rings. The molecular formula is C39H47BrN8O2. The van der Waals surface area contributed by atoms with Crippen LogP contribution in [0.25, 0.3) is 5.69 Å². The monoisotopic (exact) mass is 738 g/mol. The van der Waals surface area contributed by atoms with Crippen molar-refractivity contribution in [1.29, 1.82) is 0 Å². The normalized spacial score (nSPS) is 22.0. The fraction of sp³-hybridized carbons (Fsp3) is 0.462. The van der Waals surface area contributed by atoms with Crippen molar-refractivity contribution in [3.8, 4) is 5.69 Å². The van der Waals surface area contributed by atoms with E-state index >= 15 is 0 Å². The van der Waals surface area contributed by atoms with Gasteiger partial charge in [-0.25, -0.2) is 19.4 Å². The number of nitrogens with one attached hydrogen (secondary N) is 2. The summed E-state index contributed by atoms with van der Waals surface area (Å²) < 4.78 is 2.65. The minimum absolute atomic E-state index is 0.0138. The van der Waals surface area contributed by atoms with Crippen LogP contribution in [-0.2, 0) is 16.6 Å². The van der Waals surface area contributed by atoms with Gasteiger partial charge < -0.3 is 15.1 Å². The topological polar surface area (TPSA) is 108 Å². The van der Waals surface area contributed by atoms with Gasteiger partial charge in [-0.1, -0.05) is 50.6 Å². The zero-order valence-corrected chi connectivity index (χ0v) is 31.0. The van der Waals surface area contributed by atoms with E-state index < -0.39 is 0 Å². The summed E-state index contributed by atoms with van der Waals surface area (Å²) in [4.78, 5) is 40.6. The van der Waals surface area contributed by atoms with E-state index in [1.165, 1.54) is 5.56 Å². The van der Waals surface area contributed by atoms with Crippen LogP contribution in [0.15, 0.2) is 71.5 Å². The maximum absolute atomic E-state index is 14.0. The van der Waals surface area contributed by atoms with Crippen LogP contribution in [0.2, 0.25) is 0 Å². The molecule has 3 aliphatic heterocycles. The van der Waals surface area contributed by atoms with Gasteiger partial charge in [0.25, 0.3) is 0 Å². The molecular weight excluding hydrogens is 692 g/mol. The van der Waals surface area contributed by atoms with Crippen molar-refractivity contribution in [2.75, 3.05) is 28.6 Å². The molecule has 0 spiro atoms. The molecule has 4 aromatic rings. The van der Waals surface area contributed by atoms with Crippen LogP contribution < -0.4 is 15.5 Å². The molecule has 2 bridgehead atoms. The number of piperidine rings is 2. The van der Waals surface area contributed by atoms with E-state index in [0.717, 1.165) is 78.6 Å². The van der Waals surface area contributed by atoms with Gasteiger partial charge in [0.05, 0.1) is 21.8 Å². The second-order valence-electron chi connectivity index (χ2n) is 15.4. The van der Waals surface area contributed by atoms with Crippen molar-refractivity contribution < 1.29 is 9.59 Å². The van der Waals surface area contributed by atoms with Gasteiger partial charge in [-0.3, -0.25) is 10.1 Å². The van der Waals surface area contributed by atoms with Crippen LogP contribution in [0.5, 0.6) is 0 Å². The van der Waals surface area contributed by atoms with Crippen molar-refractivity contribution in [3.05, 3.63) is 88.3 Å². The van der Waals surface area contributed by atoms with E-state index in [0.29, 0.717) is 42.2 Å². The van der Waals surface area contributed by atoms with E-state index in [1.807, 2.05) is 42.5 Å². The van der Waals surface area contributed by atoms with Crippen LogP contribution in [0, 0.1) is 18.8 Å². The first kappa shape index (κ1) is 34.2. The van der Waals surface area contributed by atoms with E-state index in [9.17, 15) is 9.59 Å². The number of halogens is 1. The Bertz CT molecular complexity index is 1820. The largest absolute Gasteiger partial charge is 0.340 e. The predicted molar refractivity (Wildman–Crippen MR) is 201 cm³/mol. The second kappa shape index (κ2) is 14.2. The molecule has 11 heteroatoms. The predicted octanol–water partition coefficient (Wildman–Crippen LogP) is 7.90. The molecule has 3 atom stereocenters. The smallest absolute Gasteiger partial charge is 0.324 e. The number of benzene rings is 2. The minimum atomic E-state index is -0.311. The van der Waals surface area contributed by atoms with Gasteiger partial charge in [0.2, 0.25) is 11.9 Å². The Kier molecular flexibility index (Phi) is 9.69. The maximum Gasteiger partial charge on any atom is 0.324 e. The average molecular weight is 740 g/mol. The van der Waals surface area contributed by atoms with Gasteiger partial charge in [-0.2, -0.15) is 5.10 Å². The summed E-state index contributed by atoms with van der Waals surface area (Å²) in [6, 6.07) is 18.5. The summed E-state index contributed by atoms with van der Waals surface area (Å²) in [5, 5.41) is 10.9. The van der Waals surface area contributed by atoms with Gasteiger partial charge in [-0.15, -0.1) is 0 Å². The van der Waals surface area contributed by atoms with Gasteiger partial charge in [-0.05, 0) is 104 Å². The Morgan fingerprint density at radius 2 is 1.66 bits per heavy atom. The molecule has 10 nitrogen and oxygen atoms in total. The molecule has 2 aromatic heterocycles. The lowest BCUT2D eigenvalue weighted by Gasteiger charge is -2.42. The summed E-state index contributed by atoms with van der Waals surface area (Å²) in [7, 11) is 0. The Morgan fingerprint density at radius 1 is 0.940 bits per heavy atom. The second-order valence-corrected chi connectivity index (χ2v) is 16.3. The van der Waals surface area contributed by atoms with E-state index in [-0.39, 0.29) is 17.4 Å². The van der Waals surface area contributed by atoms with Crippen LogP contribution in [0.4, 0.5) is 22.2 Å². The number of amides is 3. The first-order valence-corrected chi connectivity index (χ1v) is 18.7. The Labute approximate surface area is 303 Å². The summed E-state index contributed by atoms with van der Waals surface area (Å²) in [5.41, 5.74) is 4.73. The number of nitrogens with zero attached hydrogens (tertiary/aromatic N) is 6. The number of aryl methyl sites for hydroxylation is 1. The standard InChI is InChI=1S/C39H47BrN8O2/c1-25-10-12-31(13-11-25)48-35(21-34(45-48)39(2,3)4)44-38(50)43-30-9-5-7-26(18-30)17-27-19-32-14-15-33(20-27)47(32)36(49)28-8-6-16-46(24-28)37-41-22-29(40)23-42-37/h5,7,9-13,18,21-23,27-28,32-33H,6,8,14-17,19-20,24H2,1-4H3,(H2,43,44,50). The molecule has 3 saturated heterocycles. The number of hydrogen-bond acceptors (Lipinski definition) is 6. The van der Waals surface area contributed by atoms with Crippen LogP contribution in [0.3, 0.4) is 0 Å². The molecule has 2 aromatic carbocycles. The lowest BCUT2D eigenvalue weighted by atomic mass is 9.84. The third-order valence-electron chi connectivity index (χ3n) is 10.5. The van der Waals surface area contributed by atoms with E-state index in [4.69, 9.17) is 5.10 Å². The highest BCUT2D eigenvalue weighted by atomic mass is 79.9. The first-order valence-electron chi connectivity index (χ1n) is 17.9. The molecule has 0 saturated carbocycles. The van der Waals surface area contributed by atoms with E-state index in [1.54, 1.807) is 17.1 Å². The number of carbonyl (C=O) groups is 2. The molecule has 50 heavy (non-hydrogen) atoms. The van der Waals surface area contributed by atoms with Crippen molar-refractivity contribution in [2.24, 2.45) is 11.8 Å². The Balaban J connectivity index is 0.968. The lowest BCUT2D eigenvalue weighted by molar-refractivity contribution is -0.141. The highest BCUT2D eigenvalue weighted by Gasteiger charge is 2.45. The fourth-order valence-electron chi connectivity index (χ4n) is 7.96. The molecule has 3 amide bonds. The van der Waals surface area contributed by atoms with Crippen LogP contribution in [0.1, 0.15) is 76.1 Å². The molecule has 5 heterocycles. The lowest BCUT2D eigenvalue weighted by Crippen LogP contribution is -2.52. The molecule has 7 rings (SSSR count). The molecule has 262 valence electrons. The fourth-order valence-corrected chi connectivity index (χ4v) is 8.17. The zero-order valence-electron chi connectivity index (χ0n) is 29.4. The zero-order chi connectivity index (χ0) is 35.0. The summed E-state index contributed by atoms with van der Waals surface area (Å²) in [6.45, 7) is 9.95. The third kappa shape index (κ3) is 7.57. The molecule has 3 aliphatic rings. The minimum Gasteiger partial charge on any atom is -0.340 e. The summed E-state index contributed by atoms with van der Waals surface area (Å²) >= 11 is 3.42. The average Bonchev–Trinajstić information content (AvgIpc) is 3.63. The van der Waals surface area contributed by atoms with Crippen molar-refractivity contribution in [1.82, 2.24) is 24.6 Å². The van der Waals surface area contributed by atoms with E-state index in [2.05, 4.69) is 86.2 Å². The number of rotatable bonds is 7. The summed E-state index contributed by atoms with van der Waals surface area (Å²) in [5.74, 6) is 2.12.